The molecule has 3 rings (SSSR count). The molecule has 0 saturated heterocycles. The van der Waals surface area contributed by atoms with Crippen LogP contribution in [0.15, 0.2) is 46.9 Å². The first kappa shape index (κ1) is 9.28. The van der Waals surface area contributed by atoms with Crippen LogP contribution in [0.3, 0.4) is 0 Å². The van der Waals surface area contributed by atoms with Crippen LogP contribution in [-0.4, -0.2) is 6.54 Å². The van der Waals surface area contributed by atoms with Crippen LogP contribution in [0.1, 0.15) is 6.92 Å². The molecule has 3 aromatic rings. The SMILES string of the molecule is CCNc1cccc2c1oc1ccccc12. The molecule has 1 aromatic heterocycles. The second-order valence-corrected chi connectivity index (χ2v) is 3.81. The minimum atomic E-state index is 0.899. The van der Waals surface area contributed by atoms with E-state index in [-0.39, 0.29) is 0 Å². The van der Waals surface area contributed by atoms with Crippen molar-refractivity contribution in [2.45, 2.75) is 6.92 Å². The van der Waals surface area contributed by atoms with Crippen LogP contribution in [-0.2, 0) is 0 Å². The Hall–Kier alpha value is -1.96. The number of rotatable bonds is 2. The third-order valence-electron chi connectivity index (χ3n) is 2.77. The van der Waals surface area contributed by atoms with Crippen molar-refractivity contribution in [1.29, 1.82) is 0 Å². The molecule has 0 aliphatic rings. The van der Waals surface area contributed by atoms with E-state index in [0.29, 0.717) is 0 Å². The van der Waals surface area contributed by atoms with E-state index in [1.54, 1.807) is 0 Å². The highest BCUT2D eigenvalue weighted by Gasteiger charge is 2.08. The number of benzene rings is 2. The zero-order valence-electron chi connectivity index (χ0n) is 9.16. The Morgan fingerprint density at radius 2 is 1.81 bits per heavy atom. The fourth-order valence-corrected chi connectivity index (χ4v) is 2.08. The maximum Gasteiger partial charge on any atom is 0.158 e. The van der Waals surface area contributed by atoms with E-state index in [2.05, 4.69) is 30.4 Å². The van der Waals surface area contributed by atoms with Crippen molar-refractivity contribution in [3.8, 4) is 0 Å². The lowest BCUT2D eigenvalue weighted by molar-refractivity contribution is 0.669. The minimum Gasteiger partial charge on any atom is -0.454 e. The van der Waals surface area contributed by atoms with Gasteiger partial charge in [-0.05, 0) is 19.1 Å². The summed E-state index contributed by atoms with van der Waals surface area (Å²) in [5.74, 6) is 0. The maximum absolute atomic E-state index is 5.87. The Labute approximate surface area is 93.9 Å². The molecule has 0 radical (unpaired) electrons. The van der Waals surface area contributed by atoms with Gasteiger partial charge in [-0.25, -0.2) is 0 Å². The summed E-state index contributed by atoms with van der Waals surface area (Å²) < 4.78 is 5.87. The van der Waals surface area contributed by atoms with E-state index < -0.39 is 0 Å². The topological polar surface area (TPSA) is 25.2 Å². The monoisotopic (exact) mass is 211 g/mol. The molecule has 16 heavy (non-hydrogen) atoms. The van der Waals surface area contributed by atoms with Gasteiger partial charge < -0.3 is 9.73 Å². The van der Waals surface area contributed by atoms with E-state index in [1.807, 2.05) is 24.3 Å². The fourth-order valence-electron chi connectivity index (χ4n) is 2.08. The zero-order valence-corrected chi connectivity index (χ0v) is 9.16. The third-order valence-corrected chi connectivity index (χ3v) is 2.77. The molecule has 2 nitrogen and oxygen atoms in total. The van der Waals surface area contributed by atoms with Gasteiger partial charge in [0.05, 0.1) is 5.69 Å². The predicted molar refractivity (Wildman–Crippen MR) is 67.9 cm³/mol. The molecule has 0 aliphatic carbocycles. The van der Waals surface area contributed by atoms with Crippen LogP contribution >= 0.6 is 0 Å². The van der Waals surface area contributed by atoms with Gasteiger partial charge in [0, 0.05) is 17.3 Å². The normalized spacial score (nSPS) is 11.1. The van der Waals surface area contributed by atoms with Gasteiger partial charge in [-0.2, -0.15) is 0 Å². The average molecular weight is 211 g/mol. The summed E-state index contributed by atoms with van der Waals surface area (Å²) in [7, 11) is 0. The van der Waals surface area contributed by atoms with Crippen molar-refractivity contribution in [2.24, 2.45) is 0 Å². The first-order valence-electron chi connectivity index (χ1n) is 5.54. The summed E-state index contributed by atoms with van der Waals surface area (Å²) in [6.07, 6.45) is 0. The van der Waals surface area contributed by atoms with E-state index in [4.69, 9.17) is 4.42 Å². The van der Waals surface area contributed by atoms with Crippen LogP contribution in [0.5, 0.6) is 0 Å². The van der Waals surface area contributed by atoms with Crippen molar-refractivity contribution < 1.29 is 4.42 Å². The van der Waals surface area contributed by atoms with Gasteiger partial charge in [0.1, 0.15) is 5.58 Å². The maximum atomic E-state index is 5.87. The van der Waals surface area contributed by atoms with Crippen molar-refractivity contribution in [3.63, 3.8) is 0 Å². The Kier molecular flexibility index (Phi) is 2.07. The molecule has 0 amide bonds. The van der Waals surface area contributed by atoms with Gasteiger partial charge in [-0.15, -0.1) is 0 Å². The highest BCUT2D eigenvalue weighted by molar-refractivity contribution is 6.08. The van der Waals surface area contributed by atoms with Crippen LogP contribution in [0.2, 0.25) is 0 Å². The summed E-state index contributed by atoms with van der Waals surface area (Å²) in [6, 6.07) is 14.3. The Morgan fingerprint density at radius 1 is 1.00 bits per heavy atom. The van der Waals surface area contributed by atoms with Gasteiger partial charge in [-0.1, -0.05) is 30.3 Å². The lowest BCUT2D eigenvalue weighted by atomic mass is 10.1. The van der Waals surface area contributed by atoms with Gasteiger partial charge in [-0.3, -0.25) is 0 Å². The summed E-state index contributed by atoms with van der Waals surface area (Å²) in [5.41, 5.74) is 2.96. The summed E-state index contributed by atoms with van der Waals surface area (Å²) in [5, 5.41) is 5.67. The fraction of sp³-hybridized carbons (Fsp3) is 0.143. The first-order chi connectivity index (χ1) is 7.90. The average Bonchev–Trinajstić information content (AvgIpc) is 2.69. The lowest BCUT2D eigenvalue weighted by Gasteiger charge is -2.02. The molecule has 0 aliphatic heterocycles. The molecule has 0 spiro atoms. The first-order valence-corrected chi connectivity index (χ1v) is 5.54. The number of hydrogen-bond acceptors (Lipinski definition) is 2. The summed E-state index contributed by atoms with van der Waals surface area (Å²) in [6.45, 7) is 2.98. The quantitative estimate of drug-likeness (QED) is 0.692. The Balaban J connectivity index is 2.39. The highest BCUT2D eigenvalue weighted by Crippen LogP contribution is 2.32. The standard InChI is InChI=1S/C14H13NO/c1-2-15-12-8-5-7-11-10-6-3-4-9-13(10)16-14(11)12/h3-9,15H,2H2,1H3. The van der Waals surface area contributed by atoms with Gasteiger partial charge in [0.25, 0.3) is 0 Å². The van der Waals surface area contributed by atoms with E-state index >= 15 is 0 Å². The molecule has 0 fully saturated rings. The van der Waals surface area contributed by atoms with Crippen molar-refractivity contribution in [1.82, 2.24) is 0 Å². The summed E-state index contributed by atoms with van der Waals surface area (Å²) >= 11 is 0. The van der Waals surface area contributed by atoms with Crippen LogP contribution < -0.4 is 5.32 Å². The number of para-hydroxylation sites is 2. The molecule has 1 N–H and O–H groups in total. The van der Waals surface area contributed by atoms with Gasteiger partial charge in [0.15, 0.2) is 5.58 Å². The predicted octanol–water partition coefficient (Wildman–Crippen LogP) is 4.02. The molecule has 1 heterocycles. The second kappa shape index (κ2) is 3.56. The van der Waals surface area contributed by atoms with Crippen molar-refractivity contribution >= 4 is 27.6 Å². The number of fused-ring (bicyclic) bond motifs is 3. The Bertz CT molecular complexity index is 639. The molecule has 0 bridgehead atoms. The molecule has 0 atom stereocenters. The Morgan fingerprint density at radius 3 is 2.69 bits per heavy atom. The van der Waals surface area contributed by atoms with Crippen LogP contribution in [0.4, 0.5) is 5.69 Å². The third kappa shape index (κ3) is 1.27. The van der Waals surface area contributed by atoms with Crippen molar-refractivity contribution in [3.05, 3.63) is 42.5 Å². The van der Waals surface area contributed by atoms with E-state index in [1.165, 1.54) is 10.8 Å². The smallest absolute Gasteiger partial charge is 0.158 e. The molecular formula is C14H13NO. The molecule has 0 unspecified atom stereocenters. The minimum absolute atomic E-state index is 0.899. The summed E-state index contributed by atoms with van der Waals surface area (Å²) in [4.78, 5) is 0. The van der Waals surface area contributed by atoms with Gasteiger partial charge in [0.2, 0.25) is 0 Å². The highest BCUT2D eigenvalue weighted by atomic mass is 16.3. The van der Waals surface area contributed by atoms with E-state index in [9.17, 15) is 0 Å². The number of anilines is 1. The molecule has 0 saturated carbocycles. The number of nitrogens with one attached hydrogen (secondary N) is 1. The van der Waals surface area contributed by atoms with Crippen molar-refractivity contribution in [2.75, 3.05) is 11.9 Å². The number of hydrogen-bond donors (Lipinski definition) is 1. The van der Waals surface area contributed by atoms with Gasteiger partial charge >= 0.3 is 0 Å². The van der Waals surface area contributed by atoms with Crippen LogP contribution in [0, 0.1) is 0 Å². The molecule has 80 valence electrons. The number of furan rings is 1. The molecule has 2 heteroatoms. The second-order valence-electron chi connectivity index (χ2n) is 3.81. The van der Waals surface area contributed by atoms with E-state index in [0.717, 1.165) is 23.4 Å². The molecular weight excluding hydrogens is 198 g/mol. The lowest BCUT2D eigenvalue weighted by Crippen LogP contribution is -1.95. The largest absolute Gasteiger partial charge is 0.454 e. The zero-order chi connectivity index (χ0) is 11.0. The molecule has 2 aromatic carbocycles. The van der Waals surface area contributed by atoms with Crippen LogP contribution in [0.25, 0.3) is 21.9 Å².